The van der Waals surface area contributed by atoms with Gasteiger partial charge >= 0.3 is 6.09 Å². The van der Waals surface area contributed by atoms with E-state index in [4.69, 9.17) is 4.74 Å². The van der Waals surface area contributed by atoms with Gasteiger partial charge in [-0.15, -0.1) is 0 Å². The largest absolute Gasteiger partial charge is 0.442 e. The molecular weight excluding hydrogens is 467 g/mol. The van der Waals surface area contributed by atoms with E-state index in [9.17, 15) is 23.6 Å². The van der Waals surface area contributed by atoms with Crippen LogP contribution in [0.15, 0.2) is 60.7 Å². The summed E-state index contributed by atoms with van der Waals surface area (Å²) in [7, 11) is 0. The number of anilines is 2. The van der Waals surface area contributed by atoms with Gasteiger partial charge in [0, 0.05) is 44.7 Å². The number of benzene rings is 2. The Labute approximate surface area is 208 Å². The van der Waals surface area contributed by atoms with E-state index in [0.29, 0.717) is 43.1 Å². The number of halogens is 1. The van der Waals surface area contributed by atoms with Gasteiger partial charge in [0.2, 0.25) is 11.8 Å². The molecule has 2 aliphatic heterocycles. The topological polar surface area (TPSA) is 99.3 Å². The number of cyclic esters (lactones) is 1. The predicted molar refractivity (Wildman–Crippen MR) is 131 cm³/mol. The number of rotatable bonds is 7. The average molecular weight is 495 g/mol. The number of allylic oxidation sites excluding steroid dienone is 1. The Kier molecular flexibility index (Phi) is 7.62. The quantitative estimate of drug-likeness (QED) is 0.469. The molecule has 36 heavy (non-hydrogen) atoms. The minimum Gasteiger partial charge on any atom is -0.442 e. The fourth-order valence-electron chi connectivity index (χ4n) is 4.14. The molecule has 1 atom stereocenters. The molecular formula is C26H27FN4O5. The molecule has 9 nitrogen and oxygen atoms in total. The summed E-state index contributed by atoms with van der Waals surface area (Å²) in [4.78, 5) is 52.7. The molecule has 1 N–H and O–H groups in total. The van der Waals surface area contributed by atoms with Crippen LogP contribution in [0.25, 0.3) is 0 Å². The van der Waals surface area contributed by atoms with E-state index < -0.39 is 18.0 Å². The van der Waals surface area contributed by atoms with Crippen molar-refractivity contribution < 1.29 is 28.3 Å². The van der Waals surface area contributed by atoms with Crippen LogP contribution in [0.3, 0.4) is 0 Å². The van der Waals surface area contributed by atoms with Crippen molar-refractivity contribution in [3.8, 4) is 0 Å². The lowest BCUT2D eigenvalue weighted by molar-refractivity contribution is -0.126. The Balaban J connectivity index is 1.32. The van der Waals surface area contributed by atoms with Crippen LogP contribution in [0.1, 0.15) is 17.3 Å². The lowest BCUT2D eigenvalue weighted by Gasteiger charge is -2.36. The standard InChI is InChI=1S/C26H27FN4O5/c1-18(32)28-16-21-17-31(26(35)36-21)20-7-8-23(22(27)15-20)29-11-13-30(14-12-29)25(34)10-9-24(33)19-5-3-2-4-6-19/h2-10,15,21H,11-14,16-17H2,1H3,(H,28,32). The summed E-state index contributed by atoms with van der Waals surface area (Å²) in [6, 6.07) is 13.2. The molecule has 1 unspecified atom stereocenters. The summed E-state index contributed by atoms with van der Waals surface area (Å²) in [5, 5.41) is 2.60. The highest BCUT2D eigenvalue weighted by molar-refractivity contribution is 6.07. The van der Waals surface area contributed by atoms with Crippen molar-refractivity contribution >= 4 is 35.1 Å². The Morgan fingerprint density at radius 2 is 1.78 bits per heavy atom. The molecule has 0 spiro atoms. The Bertz CT molecular complexity index is 1180. The van der Waals surface area contributed by atoms with Crippen molar-refractivity contribution in [1.29, 1.82) is 0 Å². The first-order valence-corrected chi connectivity index (χ1v) is 11.7. The zero-order valence-electron chi connectivity index (χ0n) is 19.9. The molecule has 3 amide bonds. The Morgan fingerprint density at radius 1 is 1.06 bits per heavy atom. The van der Waals surface area contributed by atoms with Crippen molar-refractivity contribution in [2.45, 2.75) is 13.0 Å². The third-order valence-corrected chi connectivity index (χ3v) is 6.06. The maximum atomic E-state index is 15.0. The van der Waals surface area contributed by atoms with E-state index in [1.54, 1.807) is 41.3 Å². The van der Waals surface area contributed by atoms with Gasteiger partial charge in [-0.3, -0.25) is 19.3 Å². The Morgan fingerprint density at radius 3 is 2.44 bits per heavy atom. The van der Waals surface area contributed by atoms with E-state index >= 15 is 0 Å². The molecule has 0 aromatic heterocycles. The summed E-state index contributed by atoms with van der Waals surface area (Å²) >= 11 is 0. The molecule has 2 aromatic carbocycles. The fraction of sp³-hybridized carbons (Fsp3) is 0.308. The number of ketones is 1. The number of hydrogen-bond donors (Lipinski definition) is 1. The van der Waals surface area contributed by atoms with Crippen LogP contribution in [-0.2, 0) is 14.3 Å². The minimum atomic E-state index is -0.594. The highest BCUT2D eigenvalue weighted by atomic mass is 19.1. The molecule has 2 aromatic rings. The molecule has 10 heteroatoms. The van der Waals surface area contributed by atoms with E-state index in [-0.39, 0.29) is 30.7 Å². The van der Waals surface area contributed by atoms with E-state index in [2.05, 4.69) is 5.32 Å². The molecule has 0 saturated carbocycles. The second kappa shape index (κ2) is 11.0. The zero-order valence-corrected chi connectivity index (χ0v) is 19.9. The number of nitrogens with one attached hydrogen (secondary N) is 1. The second-order valence-corrected chi connectivity index (χ2v) is 8.57. The lowest BCUT2D eigenvalue weighted by atomic mass is 10.1. The van der Waals surface area contributed by atoms with Crippen molar-refractivity contribution in [2.75, 3.05) is 49.1 Å². The van der Waals surface area contributed by atoms with Gasteiger partial charge in [-0.25, -0.2) is 9.18 Å². The monoisotopic (exact) mass is 494 g/mol. The van der Waals surface area contributed by atoms with Crippen LogP contribution in [0.5, 0.6) is 0 Å². The number of amides is 3. The molecule has 2 aliphatic rings. The summed E-state index contributed by atoms with van der Waals surface area (Å²) in [5.74, 6) is -1.22. The number of carbonyl (C=O) groups is 4. The van der Waals surface area contributed by atoms with Crippen molar-refractivity contribution in [3.05, 3.63) is 72.1 Å². The summed E-state index contributed by atoms with van der Waals surface area (Å²) < 4.78 is 20.2. The first-order chi connectivity index (χ1) is 17.3. The van der Waals surface area contributed by atoms with Gasteiger partial charge in [0.15, 0.2) is 5.78 Å². The van der Waals surface area contributed by atoms with Gasteiger partial charge in [-0.1, -0.05) is 30.3 Å². The maximum Gasteiger partial charge on any atom is 0.414 e. The molecule has 2 saturated heterocycles. The van der Waals surface area contributed by atoms with Gasteiger partial charge < -0.3 is 19.9 Å². The number of ether oxygens (including phenoxy) is 1. The molecule has 0 radical (unpaired) electrons. The van der Waals surface area contributed by atoms with E-state index in [1.165, 1.54) is 30.0 Å². The highest BCUT2D eigenvalue weighted by Gasteiger charge is 2.33. The van der Waals surface area contributed by atoms with Gasteiger partial charge in [0.25, 0.3) is 0 Å². The van der Waals surface area contributed by atoms with Crippen LogP contribution >= 0.6 is 0 Å². The van der Waals surface area contributed by atoms with Crippen molar-refractivity contribution in [3.63, 3.8) is 0 Å². The first kappa shape index (κ1) is 24.9. The summed E-state index contributed by atoms with van der Waals surface area (Å²) in [6.45, 7) is 3.39. The first-order valence-electron chi connectivity index (χ1n) is 11.7. The highest BCUT2D eigenvalue weighted by Crippen LogP contribution is 2.28. The lowest BCUT2D eigenvalue weighted by Crippen LogP contribution is -2.48. The van der Waals surface area contributed by atoms with Crippen LogP contribution in [0.4, 0.5) is 20.6 Å². The van der Waals surface area contributed by atoms with Gasteiger partial charge in [-0.05, 0) is 24.3 Å². The molecule has 2 heterocycles. The number of carbonyl (C=O) groups excluding carboxylic acids is 4. The predicted octanol–water partition coefficient (Wildman–Crippen LogP) is 2.37. The summed E-state index contributed by atoms with van der Waals surface area (Å²) in [5.41, 5.74) is 1.26. The number of nitrogens with zero attached hydrogens (tertiary/aromatic N) is 3. The molecule has 0 aliphatic carbocycles. The van der Waals surface area contributed by atoms with Crippen LogP contribution in [-0.4, -0.2) is 74.0 Å². The van der Waals surface area contributed by atoms with Crippen LogP contribution in [0.2, 0.25) is 0 Å². The smallest absolute Gasteiger partial charge is 0.414 e. The third-order valence-electron chi connectivity index (χ3n) is 6.06. The summed E-state index contributed by atoms with van der Waals surface area (Å²) in [6.07, 6.45) is 1.44. The van der Waals surface area contributed by atoms with Crippen LogP contribution in [0, 0.1) is 5.82 Å². The van der Waals surface area contributed by atoms with Crippen molar-refractivity contribution in [2.24, 2.45) is 0 Å². The molecule has 188 valence electrons. The SMILES string of the molecule is CC(=O)NCC1CN(c2ccc(N3CCN(C(=O)C=CC(=O)c4ccccc4)CC3)c(F)c2)C(=O)O1. The maximum absolute atomic E-state index is 15.0. The Hall–Kier alpha value is -4.21. The van der Waals surface area contributed by atoms with E-state index in [1.807, 2.05) is 11.0 Å². The molecule has 2 fully saturated rings. The fourth-order valence-corrected chi connectivity index (χ4v) is 4.14. The zero-order chi connectivity index (χ0) is 25.7. The number of piperazine rings is 1. The molecule has 4 rings (SSSR count). The third kappa shape index (κ3) is 5.88. The van der Waals surface area contributed by atoms with Gasteiger partial charge in [0.05, 0.1) is 24.5 Å². The second-order valence-electron chi connectivity index (χ2n) is 8.57. The van der Waals surface area contributed by atoms with Gasteiger partial charge in [-0.2, -0.15) is 0 Å². The minimum absolute atomic E-state index is 0.191. The van der Waals surface area contributed by atoms with Crippen LogP contribution < -0.4 is 15.1 Å². The average Bonchev–Trinajstić information content (AvgIpc) is 3.26. The number of hydrogen-bond acceptors (Lipinski definition) is 6. The van der Waals surface area contributed by atoms with Crippen molar-refractivity contribution in [1.82, 2.24) is 10.2 Å². The molecule has 0 bridgehead atoms. The normalized spacial score (nSPS) is 17.9. The van der Waals surface area contributed by atoms with E-state index in [0.717, 1.165) is 0 Å². The van der Waals surface area contributed by atoms with Gasteiger partial charge in [0.1, 0.15) is 11.9 Å².